The topological polar surface area (TPSA) is 144 Å². The lowest BCUT2D eigenvalue weighted by Crippen LogP contribution is -2.41. The van der Waals surface area contributed by atoms with Crippen LogP contribution < -0.4 is 0 Å². The van der Waals surface area contributed by atoms with Gasteiger partial charge in [-0.05, 0) is 38.5 Å². The SMILES string of the molecule is CCC(=O)OCC(CCCOOC)(CCCOOC)COCC(CCCOOC)(COC(=O)CC)COC(=O)CC. The van der Waals surface area contributed by atoms with Gasteiger partial charge in [0.15, 0.2) is 0 Å². The second-order valence-corrected chi connectivity index (χ2v) is 9.81. The van der Waals surface area contributed by atoms with Crippen molar-refractivity contribution in [3.05, 3.63) is 0 Å². The van der Waals surface area contributed by atoms with Crippen molar-refractivity contribution in [3.8, 4) is 0 Å². The molecule has 41 heavy (non-hydrogen) atoms. The first-order valence-electron chi connectivity index (χ1n) is 14.3. The van der Waals surface area contributed by atoms with Crippen molar-refractivity contribution < 1.29 is 62.7 Å². The third-order valence-electron chi connectivity index (χ3n) is 6.46. The number of rotatable bonds is 28. The van der Waals surface area contributed by atoms with E-state index in [9.17, 15) is 14.4 Å². The van der Waals surface area contributed by atoms with Crippen molar-refractivity contribution in [2.45, 2.75) is 78.6 Å². The van der Waals surface area contributed by atoms with Crippen LogP contribution in [0.25, 0.3) is 0 Å². The molecular weight excluding hydrogens is 544 g/mol. The summed E-state index contributed by atoms with van der Waals surface area (Å²) in [7, 11) is 4.30. The number of carbonyl (C=O) groups excluding carboxylic acids is 3. The van der Waals surface area contributed by atoms with E-state index in [-0.39, 0.29) is 76.8 Å². The molecule has 0 fully saturated rings. The Balaban J connectivity index is 5.95. The Morgan fingerprint density at radius 3 is 1.15 bits per heavy atom. The van der Waals surface area contributed by atoms with Crippen LogP contribution in [-0.4, -0.2) is 92.1 Å². The molecule has 13 nitrogen and oxygen atoms in total. The summed E-state index contributed by atoms with van der Waals surface area (Å²) in [6.45, 7) is 6.56. The number of carbonyl (C=O) groups is 3. The predicted molar refractivity (Wildman–Crippen MR) is 146 cm³/mol. The Morgan fingerprint density at radius 2 is 0.805 bits per heavy atom. The van der Waals surface area contributed by atoms with Crippen molar-refractivity contribution in [2.24, 2.45) is 10.8 Å². The lowest BCUT2D eigenvalue weighted by molar-refractivity contribution is -0.275. The molecule has 13 heteroatoms. The van der Waals surface area contributed by atoms with E-state index in [1.54, 1.807) is 20.8 Å². The average Bonchev–Trinajstić information content (AvgIpc) is 2.99. The second-order valence-electron chi connectivity index (χ2n) is 9.81. The fraction of sp³-hybridized carbons (Fsp3) is 0.893. The maximum Gasteiger partial charge on any atom is 0.305 e. The molecule has 0 aromatic heterocycles. The quantitative estimate of drug-likeness (QED) is 0.0424. The minimum absolute atomic E-state index is 0.00910. The molecule has 0 unspecified atom stereocenters. The minimum Gasteiger partial charge on any atom is -0.465 e. The van der Waals surface area contributed by atoms with Crippen LogP contribution in [0, 0.1) is 10.8 Å². The van der Waals surface area contributed by atoms with Gasteiger partial charge in [-0.2, -0.15) is 0 Å². The van der Waals surface area contributed by atoms with Gasteiger partial charge < -0.3 is 18.9 Å². The van der Waals surface area contributed by atoms with Gasteiger partial charge in [0.2, 0.25) is 0 Å². The zero-order valence-corrected chi connectivity index (χ0v) is 25.8. The number of hydrogen-bond donors (Lipinski definition) is 0. The highest BCUT2D eigenvalue weighted by Crippen LogP contribution is 2.34. The maximum absolute atomic E-state index is 12.1. The van der Waals surface area contributed by atoms with E-state index in [4.69, 9.17) is 48.3 Å². The first-order chi connectivity index (χ1) is 19.8. The van der Waals surface area contributed by atoms with E-state index in [2.05, 4.69) is 0 Å². The van der Waals surface area contributed by atoms with Gasteiger partial charge in [-0.1, -0.05) is 20.8 Å². The van der Waals surface area contributed by atoms with Gasteiger partial charge >= 0.3 is 17.9 Å². The predicted octanol–water partition coefficient (Wildman–Crippen LogP) is 3.91. The van der Waals surface area contributed by atoms with Crippen molar-refractivity contribution >= 4 is 17.9 Å². The molecule has 0 aliphatic heterocycles. The van der Waals surface area contributed by atoms with E-state index in [1.807, 2.05) is 0 Å². The third-order valence-corrected chi connectivity index (χ3v) is 6.46. The average molecular weight is 597 g/mol. The van der Waals surface area contributed by atoms with Crippen LogP contribution in [0.1, 0.15) is 78.6 Å². The Bertz CT molecular complexity index is 654. The van der Waals surface area contributed by atoms with Gasteiger partial charge in [0.1, 0.15) is 13.2 Å². The highest BCUT2D eigenvalue weighted by Gasteiger charge is 2.37. The van der Waals surface area contributed by atoms with Gasteiger partial charge in [0, 0.05) is 24.7 Å². The van der Waals surface area contributed by atoms with E-state index in [0.717, 1.165) is 0 Å². The number of hydrogen-bond acceptors (Lipinski definition) is 13. The van der Waals surface area contributed by atoms with Gasteiger partial charge in [0.05, 0.1) is 66.4 Å². The molecule has 242 valence electrons. The van der Waals surface area contributed by atoms with Crippen molar-refractivity contribution in [1.29, 1.82) is 0 Å². The molecule has 0 aliphatic rings. The lowest BCUT2D eigenvalue weighted by Gasteiger charge is -2.37. The normalized spacial score (nSPS) is 11.9. The summed E-state index contributed by atoms with van der Waals surface area (Å²) in [5, 5.41) is 0. The summed E-state index contributed by atoms with van der Waals surface area (Å²) in [6, 6.07) is 0. The monoisotopic (exact) mass is 596 g/mol. The van der Waals surface area contributed by atoms with Gasteiger partial charge in [-0.25, -0.2) is 29.3 Å². The molecule has 0 bridgehead atoms. The summed E-state index contributed by atoms with van der Waals surface area (Å²) < 4.78 is 23.0. The molecule has 0 aromatic carbocycles. The molecule has 0 heterocycles. The first-order valence-corrected chi connectivity index (χ1v) is 14.3. The van der Waals surface area contributed by atoms with Crippen LogP contribution in [0.15, 0.2) is 0 Å². The largest absolute Gasteiger partial charge is 0.465 e. The molecule has 0 aliphatic carbocycles. The summed E-state index contributed by atoms with van der Waals surface area (Å²) in [5.74, 6) is -1.07. The van der Waals surface area contributed by atoms with Crippen molar-refractivity contribution in [2.75, 3.05) is 74.2 Å². The number of ether oxygens (including phenoxy) is 4. The van der Waals surface area contributed by atoms with Crippen molar-refractivity contribution in [1.82, 2.24) is 0 Å². The van der Waals surface area contributed by atoms with Gasteiger partial charge in [-0.3, -0.25) is 14.4 Å². The molecule has 0 spiro atoms. The Kier molecular flexibility index (Phi) is 23.6. The third kappa shape index (κ3) is 19.0. The standard InChI is InChI=1S/C28H52O13/c1-7-24(29)36-21-27(13-10-16-39-32-4,14-11-17-40-33-5)19-35-20-28(15-12-18-41-34-6,22-37-25(30)8-2)23-38-26(31)9-3/h7-23H2,1-6H3. The molecule has 0 saturated carbocycles. The lowest BCUT2D eigenvalue weighted by atomic mass is 9.80. The zero-order chi connectivity index (χ0) is 30.8. The van der Waals surface area contributed by atoms with E-state index >= 15 is 0 Å². The van der Waals surface area contributed by atoms with Gasteiger partial charge in [0.25, 0.3) is 0 Å². The highest BCUT2D eigenvalue weighted by atomic mass is 17.2. The van der Waals surface area contributed by atoms with E-state index < -0.39 is 10.8 Å². The minimum atomic E-state index is -0.836. The van der Waals surface area contributed by atoms with Crippen LogP contribution in [-0.2, 0) is 62.7 Å². The van der Waals surface area contributed by atoms with E-state index in [1.165, 1.54) is 21.3 Å². The molecule has 0 atom stereocenters. The number of esters is 3. The first kappa shape index (κ1) is 39.1. The second kappa shape index (κ2) is 24.7. The van der Waals surface area contributed by atoms with Crippen LogP contribution >= 0.6 is 0 Å². The van der Waals surface area contributed by atoms with Crippen LogP contribution in [0.3, 0.4) is 0 Å². The molecule has 0 amide bonds. The molecular formula is C28H52O13. The highest BCUT2D eigenvalue weighted by molar-refractivity contribution is 5.69. The van der Waals surface area contributed by atoms with Gasteiger partial charge in [-0.15, -0.1) is 0 Å². The maximum atomic E-state index is 12.1. The molecule has 0 rings (SSSR count). The fourth-order valence-electron chi connectivity index (χ4n) is 4.06. The van der Waals surface area contributed by atoms with Crippen LogP contribution in [0.2, 0.25) is 0 Å². The molecule has 0 radical (unpaired) electrons. The fourth-order valence-corrected chi connectivity index (χ4v) is 4.06. The Labute approximate surface area is 244 Å². The Morgan fingerprint density at radius 1 is 0.488 bits per heavy atom. The summed E-state index contributed by atoms with van der Waals surface area (Å²) >= 11 is 0. The molecule has 0 saturated heterocycles. The summed E-state index contributed by atoms with van der Waals surface area (Å²) in [4.78, 5) is 65.5. The van der Waals surface area contributed by atoms with Crippen LogP contribution in [0.4, 0.5) is 0 Å². The van der Waals surface area contributed by atoms with Crippen molar-refractivity contribution in [3.63, 3.8) is 0 Å². The summed E-state index contributed by atoms with van der Waals surface area (Å²) in [5.41, 5.74) is -1.42. The summed E-state index contributed by atoms with van der Waals surface area (Å²) in [6.07, 6.45) is 4.10. The molecule has 0 aromatic rings. The Hall–Kier alpha value is -1.87. The van der Waals surface area contributed by atoms with E-state index in [0.29, 0.717) is 51.7 Å². The van der Waals surface area contributed by atoms with Crippen LogP contribution in [0.5, 0.6) is 0 Å². The zero-order valence-electron chi connectivity index (χ0n) is 25.8. The molecule has 0 N–H and O–H groups in total. The smallest absolute Gasteiger partial charge is 0.305 e.